The average Bonchev–Trinajstić information content (AvgIpc) is 2.40. The molecule has 2 rings (SSSR count). The molecule has 1 aromatic heterocycles. The van der Waals surface area contributed by atoms with Crippen molar-refractivity contribution in [3.8, 4) is 0 Å². The molecule has 1 heterocycles. The minimum Gasteiger partial charge on any atom is -0.266 e. The number of nitrogens with zero attached hydrogens (tertiary/aromatic N) is 2. The van der Waals surface area contributed by atoms with Crippen LogP contribution in [0.4, 0.5) is 0 Å². The molecule has 0 aliphatic heterocycles. The highest BCUT2D eigenvalue weighted by atomic mass is 35.5. The van der Waals surface area contributed by atoms with Crippen molar-refractivity contribution in [2.45, 2.75) is 0 Å². The molecule has 18 heavy (non-hydrogen) atoms. The number of amides is 1. The smallest absolute Gasteiger partial charge is 0.266 e. The topological polar surface area (TPSA) is 54.4 Å². The molecule has 0 spiro atoms. The van der Waals surface area contributed by atoms with Gasteiger partial charge in [0.15, 0.2) is 0 Å². The molecule has 0 aliphatic rings. The zero-order chi connectivity index (χ0) is 12.8. The Morgan fingerprint density at radius 2 is 2.17 bits per heavy atom. The van der Waals surface area contributed by atoms with Gasteiger partial charge in [0.2, 0.25) is 0 Å². The van der Waals surface area contributed by atoms with Crippen LogP contribution in [-0.4, -0.2) is 17.1 Å². The van der Waals surface area contributed by atoms with Gasteiger partial charge in [-0.15, -0.1) is 0 Å². The molecule has 0 saturated heterocycles. The fraction of sp³-hybridized carbons (Fsp3) is 0. The van der Waals surface area contributed by atoms with Crippen LogP contribution in [0, 0.1) is 0 Å². The lowest BCUT2D eigenvalue weighted by atomic mass is 10.2. The molecule has 2 aromatic rings. The molecule has 0 bridgehead atoms. The number of nitrogens with one attached hydrogen (secondary N) is 1. The SMILES string of the molecule is O=C(NN=Cc1cccc(Cl)c1)c1ccccn1. The largest absolute Gasteiger partial charge is 0.289 e. The first kappa shape index (κ1) is 12.3. The first-order chi connectivity index (χ1) is 8.75. The van der Waals surface area contributed by atoms with Crippen LogP contribution >= 0.6 is 11.6 Å². The minimum absolute atomic E-state index is 0.320. The summed E-state index contributed by atoms with van der Waals surface area (Å²) in [6, 6.07) is 12.3. The van der Waals surface area contributed by atoms with E-state index in [-0.39, 0.29) is 5.91 Å². The number of aromatic nitrogens is 1. The molecule has 0 saturated carbocycles. The van der Waals surface area contributed by atoms with Gasteiger partial charge in [-0.1, -0.05) is 29.8 Å². The molecule has 0 atom stereocenters. The van der Waals surface area contributed by atoms with Gasteiger partial charge in [-0.3, -0.25) is 9.78 Å². The summed E-state index contributed by atoms with van der Waals surface area (Å²) in [5, 5.41) is 4.46. The summed E-state index contributed by atoms with van der Waals surface area (Å²) in [7, 11) is 0. The Hall–Kier alpha value is -2.20. The molecule has 0 aliphatic carbocycles. The van der Waals surface area contributed by atoms with Crippen LogP contribution in [0.15, 0.2) is 53.8 Å². The number of carbonyl (C=O) groups excluding carboxylic acids is 1. The number of carbonyl (C=O) groups is 1. The molecule has 1 aromatic carbocycles. The standard InChI is InChI=1S/C13H10ClN3O/c14-11-5-3-4-10(8-11)9-16-17-13(18)12-6-1-2-7-15-12/h1-9H,(H,17,18). The molecular formula is C13H10ClN3O. The number of hydrazone groups is 1. The van der Waals surface area contributed by atoms with E-state index in [2.05, 4.69) is 15.5 Å². The van der Waals surface area contributed by atoms with E-state index in [1.54, 1.807) is 36.5 Å². The number of halogens is 1. The summed E-state index contributed by atoms with van der Waals surface area (Å²) in [5.74, 6) is -0.353. The lowest BCUT2D eigenvalue weighted by molar-refractivity contribution is 0.0950. The highest BCUT2D eigenvalue weighted by Crippen LogP contribution is 2.08. The van der Waals surface area contributed by atoms with Gasteiger partial charge < -0.3 is 0 Å². The van der Waals surface area contributed by atoms with Crippen molar-refractivity contribution < 1.29 is 4.79 Å². The molecule has 90 valence electrons. The molecule has 0 radical (unpaired) electrons. The second-order valence-electron chi connectivity index (χ2n) is 3.47. The monoisotopic (exact) mass is 259 g/mol. The van der Waals surface area contributed by atoms with Crippen LogP contribution in [-0.2, 0) is 0 Å². The zero-order valence-electron chi connectivity index (χ0n) is 9.38. The van der Waals surface area contributed by atoms with E-state index in [1.807, 2.05) is 12.1 Å². The van der Waals surface area contributed by atoms with Crippen molar-refractivity contribution in [2.75, 3.05) is 0 Å². The quantitative estimate of drug-likeness (QED) is 0.680. The predicted molar refractivity (Wildman–Crippen MR) is 70.7 cm³/mol. The fourth-order valence-corrected chi connectivity index (χ4v) is 1.51. The van der Waals surface area contributed by atoms with Crippen LogP contribution in [0.5, 0.6) is 0 Å². The normalized spacial score (nSPS) is 10.5. The van der Waals surface area contributed by atoms with Crippen LogP contribution in [0.3, 0.4) is 0 Å². The number of pyridine rings is 1. The van der Waals surface area contributed by atoms with E-state index in [1.165, 1.54) is 6.21 Å². The summed E-state index contributed by atoms with van der Waals surface area (Å²) in [6.07, 6.45) is 3.07. The Morgan fingerprint density at radius 3 is 2.89 bits per heavy atom. The van der Waals surface area contributed by atoms with E-state index < -0.39 is 0 Å². The van der Waals surface area contributed by atoms with Crippen molar-refractivity contribution in [1.29, 1.82) is 0 Å². The Labute approximate surface area is 109 Å². The molecule has 0 unspecified atom stereocenters. The van der Waals surface area contributed by atoms with Gasteiger partial charge in [0.05, 0.1) is 6.21 Å². The Bertz CT molecular complexity index is 569. The number of hydrogen-bond donors (Lipinski definition) is 1. The summed E-state index contributed by atoms with van der Waals surface area (Å²) in [5.41, 5.74) is 3.52. The van der Waals surface area contributed by atoms with Crippen molar-refractivity contribution in [3.63, 3.8) is 0 Å². The van der Waals surface area contributed by atoms with Crippen LogP contribution < -0.4 is 5.43 Å². The summed E-state index contributed by atoms with van der Waals surface area (Å²) >= 11 is 5.82. The van der Waals surface area contributed by atoms with Gasteiger partial charge >= 0.3 is 0 Å². The zero-order valence-corrected chi connectivity index (χ0v) is 10.1. The van der Waals surface area contributed by atoms with Crippen molar-refractivity contribution in [1.82, 2.24) is 10.4 Å². The minimum atomic E-state index is -0.353. The third kappa shape index (κ3) is 3.40. The first-order valence-corrected chi connectivity index (χ1v) is 5.63. The van der Waals surface area contributed by atoms with E-state index in [4.69, 9.17) is 11.6 Å². The van der Waals surface area contributed by atoms with Crippen LogP contribution in [0.2, 0.25) is 5.02 Å². The maximum Gasteiger partial charge on any atom is 0.289 e. The summed E-state index contributed by atoms with van der Waals surface area (Å²) in [4.78, 5) is 15.5. The van der Waals surface area contributed by atoms with Gasteiger partial charge in [0.1, 0.15) is 5.69 Å². The molecule has 4 nitrogen and oxygen atoms in total. The first-order valence-electron chi connectivity index (χ1n) is 5.26. The molecule has 5 heteroatoms. The highest BCUT2D eigenvalue weighted by Gasteiger charge is 2.03. The molecule has 1 amide bonds. The fourth-order valence-electron chi connectivity index (χ4n) is 1.31. The predicted octanol–water partition coefficient (Wildman–Crippen LogP) is 2.50. The number of hydrogen-bond acceptors (Lipinski definition) is 3. The third-order valence-electron chi connectivity index (χ3n) is 2.13. The van der Waals surface area contributed by atoms with Crippen LogP contribution in [0.1, 0.15) is 16.1 Å². The van der Waals surface area contributed by atoms with E-state index in [0.717, 1.165) is 5.56 Å². The van der Waals surface area contributed by atoms with Crippen molar-refractivity contribution in [2.24, 2.45) is 5.10 Å². The highest BCUT2D eigenvalue weighted by molar-refractivity contribution is 6.30. The summed E-state index contributed by atoms with van der Waals surface area (Å²) < 4.78 is 0. The number of benzene rings is 1. The van der Waals surface area contributed by atoms with Gasteiger partial charge in [0, 0.05) is 11.2 Å². The molecular weight excluding hydrogens is 250 g/mol. The van der Waals surface area contributed by atoms with Gasteiger partial charge in [-0.2, -0.15) is 5.10 Å². The Kier molecular flexibility index (Phi) is 4.04. The maximum atomic E-state index is 11.6. The van der Waals surface area contributed by atoms with E-state index in [9.17, 15) is 4.79 Å². The molecule has 1 N–H and O–H groups in total. The van der Waals surface area contributed by atoms with Crippen molar-refractivity contribution in [3.05, 3.63) is 64.9 Å². The van der Waals surface area contributed by atoms with Gasteiger partial charge in [-0.25, -0.2) is 5.43 Å². The Balaban J connectivity index is 1.98. The van der Waals surface area contributed by atoms with Crippen molar-refractivity contribution >= 4 is 23.7 Å². The van der Waals surface area contributed by atoms with E-state index in [0.29, 0.717) is 10.7 Å². The van der Waals surface area contributed by atoms with E-state index >= 15 is 0 Å². The average molecular weight is 260 g/mol. The second kappa shape index (κ2) is 5.93. The second-order valence-corrected chi connectivity index (χ2v) is 3.91. The maximum absolute atomic E-state index is 11.6. The lowest BCUT2D eigenvalue weighted by Gasteiger charge is -1.98. The third-order valence-corrected chi connectivity index (χ3v) is 2.36. The number of rotatable bonds is 3. The summed E-state index contributed by atoms with van der Waals surface area (Å²) in [6.45, 7) is 0. The van der Waals surface area contributed by atoms with Crippen LogP contribution in [0.25, 0.3) is 0 Å². The van der Waals surface area contributed by atoms with Gasteiger partial charge in [-0.05, 0) is 29.8 Å². The molecule has 0 fully saturated rings. The lowest BCUT2D eigenvalue weighted by Crippen LogP contribution is -2.18. The Morgan fingerprint density at radius 1 is 1.28 bits per heavy atom. The van der Waals surface area contributed by atoms with Gasteiger partial charge in [0.25, 0.3) is 5.91 Å².